The summed E-state index contributed by atoms with van der Waals surface area (Å²) >= 11 is 1.38. The summed E-state index contributed by atoms with van der Waals surface area (Å²) < 4.78 is 0. The van der Waals surface area contributed by atoms with Crippen molar-refractivity contribution in [2.75, 3.05) is 0 Å². The molecule has 0 saturated carbocycles. The molecule has 0 aromatic carbocycles. The Morgan fingerprint density at radius 3 is 3.08 bits per heavy atom. The van der Waals surface area contributed by atoms with Gasteiger partial charge in [0.2, 0.25) is 0 Å². The zero-order valence-electron chi connectivity index (χ0n) is 7.04. The molecular formula is C9H8N2OS. The summed E-state index contributed by atoms with van der Waals surface area (Å²) in [5.41, 5.74) is 0.909. The zero-order valence-corrected chi connectivity index (χ0v) is 7.86. The fourth-order valence-electron chi connectivity index (χ4n) is 1.46. The van der Waals surface area contributed by atoms with Crippen molar-refractivity contribution in [3.05, 3.63) is 15.6 Å². The highest BCUT2D eigenvalue weighted by Crippen LogP contribution is 2.26. The average Bonchev–Trinajstić information content (AvgIpc) is 2.49. The van der Waals surface area contributed by atoms with Crippen LogP contribution >= 0.6 is 11.3 Å². The Morgan fingerprint density at radius 1 is 1.54 bits per heavy atom. The molecule has 0 N–H and O–H groups in total. The summed E-state index contributed by atoms with van der Waals surface area (Å²) in [7, 11) is 0. The lowest BCUT2D eigenvalue weighted by Crippen LogP contribution is -2.07. The van der Waals surface area contributed by atoms with Crippen LogP contribution in [0.2, 0.25) is 0 Å². The first-order chi connectivity index (χ1) is 6.31. The lowest BCUT2D eigenvalue weighted by atomic mass is 10.0. The van der Waals surface area contributed by atoms with Crippen LogP contribution in [0.4, 0.5) is 0 Å². The Morgan fingerprint density at radius 2 is 2.38 bits per heavy atom. The highest BCUT2D eigenvalue weighted by molar-refractivity contribution is 7.13. The van der Waals surface area contributed by atoms with Gasteiger partial charge in [-0.1, -0.05) is 0 Å². The monoisotopic (exact) mass is 192 g/mol. The Bertz CT molecular complexity index is 389. The van der Waals surface area contributed by atoms with Crippen LogP contribution in [-0.4, -0.2) is 10.8 Å². The number of aryl methyl sites for hydroxylation is 1. The Hall–Kier alpha value is -1.21. The number of fused-ring (bicyclic) bond motifs is 1. The second-order valence-corrected chi connectivity index (χ2v) is 4.08. The van der Waals surface area contributed by atoms with Gasteiger partial charge in [-0.15, -0.1) is 11.3 Å². The molecule has 0 spiro atoms. The van der Waals surface area contributed by atoms with E-state index in [2.05, 4.69) is 4.98 Å². The van der Waals surface area contributed by atoms with E-state index in [9.17, 15) is 4.79 Å². The van der Waals surface area contributed by atoms with Gasteiger partial charge >= 0.3 is 0 Å². The summed E-state index contributed by atoms with van der Waals surface area (Å²) in [5.74, 6) is 0.197. The normalized spacial score (nSPS) is 15.2. The summed E-state index contributed by atoms with van der Waals surface area (Å²) in [6, 6.07) is 2.04. The Balaban J connectivity index is 2.37. The average molecular weight is 192 g/mol. The lowest BCUT2D eigenvalue weighted by Gasteiger charge is -2.06. The molecular weight excluding hydrogens is 184 g/mol. The van der Waals surface area contributed by atoms with Gasteiger partial charge in [-0.25, -0.2) is 4.98 Å². The van der Waals surface area contributed by atoms with Crippen LogP contribution in [0.1, 0.15) is 33.2 Å². The molecule has 0 atom stereocenters. The maximum Gasteiger partial charge on any atom is 0.174 e. The first-order valence-corrected chi connectivity index (χ1v) is 5.01. The number of ketones is 1. The van der Waals surface area contributed by atoms with Crippen LogP contribution in [-0.2, 0) is 12.8 Å². The van der Waals surface area contributed by atoms with E-state index >= 15 is 0 Å². The molecule has 0 aliphatic heterocycles. The van der Waals surface area contributed by atoms with Crippen molar-refractivity contribution < 1.29 is 4.79 Å². The van der Waals surface area contributed by atoms with Crippen LogP contribution in [0.5, 0.6) is 0 Å². The smallest absolute Gasteiger partial charge is 0.174 e. The second kappa shape index (κ2) is 3.27. The molecule has 1 aromatic heterocycles. The molecule has 66 valence electrons. The first kappa shape index (κ1) is 8.39. The number of nitriles is 1. The molecule has 0 saturated heterocycles. The quantitative estimate of drug-likeness (QED) is 0.680. The minimum absolute atomic E-state index is 0.197. The number of carbonyl (C=O) groups excluding carboxylic acids is 1. The SMILES string of the molecule is N#CCc1nc2c(s1)C(=O)CCC2. The van der Waals surface area contributed by atoms with E-state index in [4.69, 9.17) is 5.26 Å². The molecule has 1 aromatic rings. The number of aromatic nitrogens is 1. The molecule has 4 heteroatoms. The Labute approximate surface area is 80.0 Å². The van der Waals surface area contributed by atoms with Gasteiger partial charge < -0.3 is 0 Å². The van der Waals surface area contributed by atoms with Gasteiger partial charge in [-0.05, 0) is 12.8 Å². The van der Waals surface area contributed by atoms with Gasteiger partial charge in [-0.2, -0.15) is 5.26 Å². The number of hydrogen-bond acceptors (Lipinski definition) is 4. The summed E-state index contributed by atoms with van der Waals surface area (Å²) in [5, 5.41) is 9.26. The molecule has 0 unspecified atom stereocenters. The van der Waals surface area contributed by atoms with Crippen molar-refractivity contribution in [3.8, 4) is 6.07 Å². The third kappa shape index (κ3) is 1.47. The van der Waals surface area contributed by atoms with E-state index in [1.54, 1.807) is 0 Å². The lowest BCUT2D eigenvalue weighted by molar-refractivity contribution is 0.0976. The van der Waals surface area contributed by atoms with Gasteiger partial charge in [-0.3, -0.25) is 4.79 Å². The highest BCUT2D eigenvalue weighted by atomic mass is 32.1. The molecule has 1 aliphatic carbocycles. The maximum atomic E-state index is 11.4. The zero-order chi connectivity index (χ0) is 9.26. The standard InChI is InChI=1S/C9H8N2OS/c10-5-4-8-11-6-2-1-3-7(12)9(6)13-8/h1-4H2. The highest BCUT2D eigenvalue weighted by Gasteiger charge is 2.21. The van der Waals surface area contributed by atoms with Crippen molar-refractivity contribution in [2.45, 2.75) is 25.7 Å². The largest absolute Gasteiger partial charge is 0.293 e. The van der Waals surface area contributed by atoms with E-state index in [0.29, 0.717) is 12.8 Å². The number of nitrogens with zero attached hydrogens (tertiary/aromatic N) is 2. The van der Waals surface area contributed by atoms with Crippen molar-refractivity contribution >= 4 is 17.1 Å². The number of Topliss-reactive ketones (excluding diaryl/α,β-unsaturated/α-hetero) is 1. The van der Waals surface area contributed by atoms with Gasteiger partial charge in [0.25, 0.3) is 0 Å². The van der Waals surface area contributed by atoms with E-state index in [0.717, 1.165) is 28.4 Å². The fourth-order valence-corrected chi connectivity index (χ4v) is 2.47. The van der Waals surface area contributed by atoms with E-state index in [1.165, 1.54) is 11.3 Å². The van der Waals surface area contributed by atoms with Crippen molar-refractivity contribution in [2.24, 2.45) is 0 Å². The molecule has 0 bridgehead atoms. The topological polar surface area (TPSA) is 53.8 Å². The van der Waals surface area contributed by atoms with Crippen LogP contribution < -0.4 is 0 Å². The third-order valence-corrected chi connectivity index (χ3v) is 3.18. The van der Waals surface area contributed by atoms with Crippen molar-refractivity contribution in [3.63, 3.8) is 0 Å². The first-order valence-electron chi connectivity index (χ1n) is 4.20. The molecule has 1 aliphatic rings. The van der Waals surface area contributed by atoms with Gasteiger partial charge in [0.15, 0.2) is 5.78 Å². The number of thiazole rings is 1. The minimum Gasteiger partial charge on any atom is -0.293 e. The van der Waals surface area contributed by atoms with E-state index < -0.39 is 0 Å². The van der Waals surface area contributed by atoms with Crippen LogP contribution in [0.3, 0.4) is 0 Å². The van der Waals surface area contributed by atoms with Crippen LogP contribution in [0.25, 0.3) is 0 Å². The van der Waals surface area contributed by atoms with Crippen molar-refractivity contribution in [1.82, 2.24) is 4.98 Å². The molecule has 13 heavy (non-hydrogen) atoms. The molecule has 0 fully saturated rings. The van der Waals surface area contributed by atoms with Gasteiger partial charge in [0.1, 0.15) is 5.01 Å². The summed E-state index contributed by atoms with van der Waals surface area (Å²) in [6.07, 6.45) is 2.76. The third-order valence-electron chi connectivity index (χ3n) is 2.04. The molecule has 1 heterocycles. The second-order valence-electron chi connectivity index (χ2n) is 3.00. The minimum atomic E-state index is 0.197. The van der Waals surface area contributed by atoms with Gasteiger partial charge in [0.05, 0.1) is 23.1 Å². The summed E-state index contributed by atoms with van der Waals surface area (Å²) in [6.45, 7) is 0. The van der Waals surface area contributed by atoms with E-state index in [-0.39, 0.29) is 5.78 Å². The molecule has 0 amide bonds. The molecule has 3 nitrogen and oxygen atoms in total. The Kier molecular flexibility index (Phi) is 2.11. The predicted molar refractivity (Wildman–Crippen MR) is 48.7 cm³/mol. The van der Waals surface area contributed by atoms with Gasteiger partial charge in [0, 0.05) is 6.42 Å². The number of hydrogen-bond donors (Lipinski definition) is 0. The predicted octanol–water partition coefficient (Wildman–Crippen LogP) is 1.73. The summed E-state index contributed by atoms with van der Waals surface area (Å²) in [4.78, 5) is 16.4. The number of rotatable bonds is 1. The van der Waals surface area contributed by atoms with Crippen LogP contribution in [0.15, 0.2) is 0 Å². The molecule has 0 radical (unpaired) electrons. The fraction of sp³-hybridized carbons (Fsp3) is 0.444. The van der Waals surface area contributed by atoms with E-state index in [1.807, 2.05) is 6.07 Å². The van der Waals surface area contributed by atoms with Crippen molar-refractivity contribution in [1.29, 1.82) is 5.26 Å². The molecule has 2 rings (SSSR count). The number of carbonyl (C=O) groups is 1. The maximum absolute atomic E-state index is 11.4. The van der Waals surface area contributed by atoms with Crippen LogP contribution in [0, 0.1) is 11.3 Å².